The van der Waals surface area contributed by atoms with E-state index in [1.807, 2.05) is 12.1 Å². The van der Waals surface area contributed by atoms with Crippen molar-refractivity contribution in [1.82, 2.24) is 10.2 Å². The summed E-state index contributed by atoms with van der Waals surface area (Å²) < 4.78 is 39.9. The standard InChI is InChI=1S/C22H26F2N2O4/c1-15-13-26(8-9-29-15)14-17-5-3-4-16(10-17)12-25-21(27)18-6-7-19(30-22(23)24)20(11-18)28-2/h3-7,10-11,15,22H,8-9,12-14H2,1-2H3,(H,25,27). The van der Waals surface area contributed by atoms with Gasteiger partial charge in [-0.15, -0.1) is 0 Å². The number of nitrogens with zero attached hydrogens (tertiary/aromatic N) is 1. The van der Waals surface area contributed by atoms with Crippen LogP contribution in [0.5, 0.6) is 11.5 Å². The lowest BCUT2D eigenvalue weighted by atomic mass is 10.1. The summed E-state index contributed by atoms with van der Waals surface area (Å²) in [6.07, 6.45) is 0.232. The smallest absolute Gasteiger partial charge is 0.387 e. The molecule has 162 valence electrons. The summed E-state index contributed by atoms with van der Waals surface area (Å²) in [4.78, 5) is 14.8. The van der Waals surface area contributed by atoms with Crippen molar-refractivity contribution in [3.05, 3.63) is 59.2 Å². The second kappa shape index (κ2) is 10.4. The summed E-state index contributed by atoms with van der Waals surface area (Å²) in [5, 5.41) is 2.85. The number of benzene rings is 2. The maximum Gasteiger partial charge on any atom is 0.387 e. The Morgan fingerprint density at radius 2 is 2.03 bits per heavy atom. The predicted molar refractivity (Wildman–Crippen MR) is 108 cm³/mol. The number of nitrogens with one attached hydrogen (secondary N) is 1. The highest BCUT2D eigenvalue weighted by Crippen LogP contribution is 2.29. The number of carbonyl (C=O) groups is 1. The number of alkyl halides is 2. The molecule has 1 unspecified atom stereocenters. The van der Waals surface area contributed by atoms with E-state index in [9.17, 15) is 13.6 Å². The molecule has 6 nitrogen and oxygen atoms in total. The van der Waals surface area contributed by atoms with E-state index in [-0.39, 0.29) is 23.5 Å². The first-order valence-corrected chi connectivity index (χ1v) is 9.77. The maximum absolute atomic E-state index is 12.5. The number of hydrogen-bond acceptors (Lipinski definition) is 5. The molecule has 1 fully saturated rings. The van der Waals surface area contributed by atoms with E-state index in [2.05, 4.69) is 34.0 Å². The number of morpholine rings is 1. The quantitative estimate of drug-likeness (QED) is 0.709. The minimum atomic E-state index is -2.97. The molecular weight excluding hydrogens is 394 g/mol. The zero-order chi connectivity index (χ0) is 21.5. The highest BCUT2D eigenvalue weighted by atomic mass is 19.3. The summed E-state index contributed by atoms with van der Waals surface area (Å²) in [7, 11) is 1.33. The van der Waals surface area contributed by atoms with Gasteiger partial charge in [0.25, 0.3) is 5.91 Å². The topological polar surface area (TPSA) is 60.0 Å². The van der Waals surface area contributed by atoms with Gasteiger partial charge in [-0.2, -0.15) is 8.78 Å². The van der Waals surface area contributed by atoms with Crippen molar-refractivity contribution in [2.24, 2.45) is 0 Å². The lowest BCUT2D eigenvalue weighted by Crippen LogP contribution is -2.40. The van der Waals surface area contributed by atoms with Gasteiger partial charge >= 0.3 is 6.61 Å². The molecule has 2 aromatic rings. The molecule has 1 saturated heterocycles. The Hall–Kier alpha value is -2.71. The van der Waals surface area contributed by atoms with Crippen molar-refractivity contribution in [1.29, 1.82) is 0 Å². The van der Waals surface area contributed by atoms with Gasteiger partial charge in [0.15, 0.2) is 11.5 Å². The molecule has 0 bridgehead atoms. The molecule has 0 aromatic heterocycles. The largest absolute Gasteiger partial charge is 0.493 e. The summed E-state index contributed by atoms with van der Waals surface area (Å²) in [5.74, 6) is -0.372. The van der Waals surface area contributed by atoms with Crippen molar-refractivity contribution < 1.29 is 27.8 Å². The molecule has 0 radical (unpaired) electrons. The zero-order valence-electron chi connectivity index (χ0n) is 17.1. The first-order valence-electron chi connectivity index (χ1n) is 9.77. The monoisotopic (exact) mass is 420 g/mol. The van der Waals surface area contributed by atoms with E-state index in [4.69, 9.17) is 9.47 Å². The summed E-state index contributed by atoms with van der Waals surface area (Å²) in [5.41, 5.74) is 2.45. The fourth-order valence-corrected chi connectivity index (χ4v) is 3.42. The Morgan fingerprint density at radius 3 is 2.77 bits per heavy atom. The Labute approximate surface area is 174 Å². The molecule has 1 amide bonds. The van der Waals surface area contributed by atoms with Gasteiger partial charge in [-0.05, 0) is 36.2 Å². The molecular formula is C22H26F2N2O4. The Balaban J connectivity index is 1.59. The van der Waals surface area contributed by atoms with Crippen LogP contribution in [0.2, 0.25) is 0 Å². The van der Waals surface area contributed by atoms with Gasteiger partial charge in [-0.25, -0.2) is 0 Å². The average molecular weight is 420 g/mol. The van der Waals surface area contributed by atoms with Gasteiger partial charge in [0.1, 0.15) is 0 Å². The third-order valence-corrected chi connectivity index (χ3v) is 4.82. The zero-order valence-corrected chi connectivity index (χ0v) is 17.1. The van der Waals surface area contributed by atoms with E-state index in [1.54, 1.807) is 0 Å². The lowest BCUT2D eigenvalue weighted by molar-refractivity contribution is -0.0512. The number of rotatable bonds is 8. The van der Waals surface area contributed by atoms with Crippen molar-refractivity contribution in [3.63, 3.8) is 0 Å². The molecule has 2 aromatic carbocycles. The second-order valence-corrected chi connectivity index (χ2v) is 7.16. The van der Waals surface area contributed by atoms with Crippen LogP contribution in [0.1, 0.15) is 28.4 Å². The van der Waals surface area contributed by atoms with Crippen molar-refractivity contribution in [2.75, 3.05) is 26.8 Å². The van der Waals surface area contributed by atoms with Crippen molar-refractivity contribution in [3.8, 4) is 11.5 Å². The normalized spacial score (nSPS) is 17.0. The Kier molecular flexibility index (Phi) is 7.59. The summed E-state index contributed by atoms with van der Waals surface area (Å²) in [6.45, 7) is 2.82. The van der Waals surface area contributed by atoms with Crippen LogP contribution in [0.25, 0.3) is 0 Å². The minimum absolute atomic E-state index is 0.0738. The summed E-state index contributed by atoms with van der Waals surface area (Å²) in [6, 6.07) is 12.2. The molecule has 1 atom stereocenters. The highest BCUT2D eigenvalue weighted by molar-refractivity contribution is 5.94. The number of halogens is 2. The number of amides is 1. The first kappa shape index (κ1) is 22.0. The van der Waals surface area contributed by atoms with Crippen LogP contribution < -0.4 is 14.8 Å². The van der Waals surface area contributed by atoms with E-state index < -0.39 is 6.61 Å². The van der Waals surface area contributed by atoms with Gasteiger partial charge in [0.2, 0.25) is 0 Å². The van der Waals surface area contributed by atoms with Gasteiger partial charge < -0.3 is 19.5 Å². The second-order valence-electron chi connectivity index (χ2n) is 7.16. The van der Waals surface area contributed by atoms with Crippen LogP contribution in [0.15, 0.2) is 42.5 Å². The molecule has 1 aliphatic heterocycles. The molecule has 1 N–H and O–H groups in total. The molecule has 1 heterocycles. The average Bonchev–Trinajstić information content (AvgIpc) is 2.72. The minimum Gasteiger partial charge on any atom is -0.493 e. The van der Waals surface area contributed by atoms with Gasteiger partial charge in [0, 0.05) is 31.7 Å². The number of hydrogen-bond donors (Lipinski definition) is 1. The van der Waals surface area contributed by atoms with Crippen LogP contribution in [0.4, 0.5) is 8.78 Å². The molecule has 0 aliphatic carbocycles. The van der Waals surface area contributed by atoms with Gasteiger partial charge in [0.05, 0.1) is 19.8 Å². The first-order chi connectivity index (χ1) is 14.4. The van der Waals surface area contributed by atoms with Crippen LogP contribution >= 0.6 is 0 Å². The number of methoxy groups -OCH3 is 1. The molecule has 8 heteroatoms. The van der Waals surface area contributed by atoms with Crippen LogP contribution in [-0.2, 0) is 17.8 Å². The Morgan fingerprint density at radius 1 is 1.23 bits per heavy atom. The third kappa shape index (κ3) is 6.14. The van der Waals surface area contributed by atoms with E-state index in [1.165, 1.54) is 30.9 Å². The summed E-state index contributed by atoms with van der Waals surface area (Å²) >= 11 is 0. The maximum atomic E-state index is 12.5. The number of carbonyl (C=O) groups excluding carboxylic acids is 1. The highest BCUT2D eigenvalue weighted by Gasteiger charge is 2.17. The molecule has 0 spiro atoms. The SMILES string of the molecule is COc1cc(C(=O)NCc2cccc(CN3CCOC(C)C3)c2)ccc1OC(F)F. The van der Waals surface area contributed by atoms with Crippen LogP contribution in [0.3, 0.4) is 0 Å². The fraction of sp³-hybridized carbons (Fsp3) is 0.409. The lowest BCUT2D eigenvalue weighted by Gasteiger charge is -2.31. The van der Waals surface area contributed by atoms with Crippen LogP contribution in [0, 0.1) is 0 Å². The fourth-order valence-electron chi connectivity index (χ4n) is 3.42. The number of ether oxygens (including phenoxy) is 3. The van der Waals surface area contributed by atoms with E-state index in [0.717, 1.165) is 31.8 Å². The van der Waals surface area contributed by atoms with E-state index >= 15 is 0 Å². The van der Waals surface area contributed by atoms with Crippen molar-refractivity contribution in [2.45, 2.75) is 32.7 Å². The Bertz CT molecular complexity index is 863. The molecule has 1 aliphatic rings. The van der Waals surface area contributed by atoms with E-state index in [0.29, 0.717) is 12.1 Å². The third-order valence-electron chi connectivity index (χ3n) is 4.82. The van der Waals surface area contributed by atoms with Crippen LogP contribution in [-0.4, -0.2) is 50.3 Å². The predicted octanol–water partition coefficient (Wildman–Crippen LogP) is 3.45. The molecule has 30 heavy (non-hydrogen) atoms. The van der Waals surface area contributed by atoms with Gasteiger partial charge in [-0.3, -0.25) is 9.69 Å². The van der Waals surface area contributed by atoms with Gasteiger partial charge in [-0.1, -0.05) is 24.3 Å². The molecule has 0 saturated carbocycles. The molecule has 3 rings (SSSR count). The van der Waals surface area contributed by atoms with Crippen molar-refractivity contribution >= 4 is 5.91 Å².